The van der Waals surface area contributed by atoms with Crippen molar-refractivity contribution < 1.29 is 8.81 Å². The van der Waals surface area contributed by atoms with Gasteiger partial charge in [0.2, 0.25) is 0 Å². The van der Waals surface area contributed by atoms with Gasteiger partial charge in [-0.2, -0.15) is 0 Å². The molecule has 0 radical (unpaired) electrons. The molecule has 20 heavy (non-hydrogen) atoms. The number of halogens is 2. The highest BCUT2D eigenvalue weighted by Crippen LogP contribution is 2.29. The molecular weight excluding hydrogens is 368 g/mol. The molecule has 4 heteroatoms. The molecule has 0 fully saturated rings. The number of fused-ring (bicyclic) bond motifs is 1. The second kappa shape index (κ2) is 5.54. The van der Waals surface area contributed by atoms with Crippen LogP contribution in [0.2, 0.25) is 0 Å². The SMILES string of the molecule is CNC(c1cccc(I)c1)c1cc2cccc(F)c2o1. The van der Waals surface area contributed by atoms with Gasteiger partial charge in [0.05, 0.1) is 6.04 Å². The molecule has 2 aromatic carbocycles. The summed E-state index contributed by atoms with van der Waals surface area (Å²) >= 11 is 2.28. The molecule has 1 unspecified atom stereocenters. The van der Waals surface area contributed by atoms with E-state index in [0.717, 1.165) is 20.3 Å². The van der Waals surface area contributed by atoms with Crippen LogP contribution >= 0.6 is 22.6 Å². The van der Waals surface area contributed by atoms with E-state index in [9.17, 15) is 4.39 Å². The van der Waals surface area contributed by atoms with E-state index < -0.39 is 0 Å². The fraction of sp³-hybridized carbons (Fsp3) is 0.125. The van der Waals surface area contributed by atoms with Crippen molar-refractivity contribution in [1.82, 2.24) is 5.32 Å². The Kier molecular flexibility index (Phi) is 3.76. The Balaban J connectivity index is 2.09. The summed E-state index contributed by atoms with van der Waals surface area (Å²) in [6.45, 7) is 0. The fourth-order valence-corrected chi connectivity index (χ4v) is 2.92. The first-order valence-corrected chi connectivity index (χ1v) is 7.37. The van der Waals surface area contributed by atoms with Gasteiger partial charge >= 0.3 is 0 Å². The molecule has 0 aliphatic carbocycles. The number of hydrogen-bond acceptors (Lipinski definition) is 2. The van der Waals surface area contributed by atoms with Crippen LogP contribution in [0.5, 0.6) is 0 Å². The maximum absolute atomic E-state index is 13.7. The lowest BCUT2D eigenvalue weighted by Gasteiger charge is -2.14. The first-order valence-electron chi connectivity index (χ1n) is 6.29. The van der Waals surface area contributed by atoms with Gasteiger partial charge in [-0.05, 0) is 59.5 Å². The standard InChI is InChI=1S/C16H13FINO/c1-19-15(10-4-2-6-12(18)8-10)14-9-11-5-3-7-13(17)16(11)20-14/h2-9,15,19H,1H3. The minimum Gasteiger partial charge on any atom is -0.456 e. The molecule has 0 spiro atoms. The Morgan fingerprint density at radius 2 is 1.95 bits per heavy atom. The first-order chi connectivity index (χ1) is 9.69. The number of para-hydroxylation sites is 1. The van der Waals surface area contributed by atoms with Gasteiger partial charge in [0.15, 0.2) is 11.4 Å². The summed E-state index contributed by atoms with van der Waals surface area (Å²) in [6.07, 6.45) is 0. The molecule has 1 N–H and O–H groups in total. The molecule has 0 saturated carbocycles. The van der Waals surface area contributed by atoms with Crippen molar-refractivity contribution in [3.63, 3.8) is 0 Å². The summed E-state index contributed by atoms with van der Waals surface area (Å²) in [4.78, 5) is 0. The average molecular weight is 381 g/mol. The Morgan fingerprint density at radius 1 is 1.15 bits per heavy atom. The first kappa shape index (κ1) is 13.6. The van der Waals surface area contributed by atoms with Crippen LogP contribution in [0.3, 0.4) is 0 Å². The molecule has 0 aliphatic rings. The third-order valence-electron chi connectivity index (χ3n) is 3.27. The van der Waals surface area contributed by atoms with Gasteiger partial charge in [0.25, 0.3) is 0 Å². The van der Waals surface area contributed by atoms with Gasteiger partial charge in [-0.25, -0.2) is 4.39 Å². The van der Waals surface area contributed by atoms with E-state index in [4.69, 9.17) is 4.42 Å². The van der Waals surface area contributed by atoms with Crippen LogP contribution in [0.25, 0.3) is 11.0 Å². The summed E-state index contributed by atoms with van der Waals surface area (Å²) in [6, 6.07) is 14.9. The maximum Gasteiger partial charge on any atom is 0.169 e. The van der Waals surface area contributed by atoms with Crippen LogP contribution in [0, 0.1) is 9.39 Å². The van der Waals surface area contributed by atoms with Crippen molar-refractivity contribution in [1.29, 1.82) is 0 Å². The smallest absolute Gasteiger partial charge is 0.169 e. The molecule has 3 aromatic rings. The number of nitrogens with one attached hydrogen (secondary N) is 1. The highest BCUT2D eigenvalue weighted by Gasteiger charge is 2.18. The molecule has 0 bridgehead atoms. The van der Waals surface area contributed by atoms with E-state index in [2.05, 4.69) is 34.0 Å². The van der Waals surface area contributed by atoms with Gasteiger partial charge in [-0.15, -0.1) is 0 Å². The summed E-state index contributed by atoms with van der Waals surface area (Å²) < 4.78 is 20.6. The van der Waals surface area contributed by atoms with E-state index in [-0.39, 0.29) is 11.9 Å². The number of rotatable bonds is 3. The van der Waals surface area contributed by atoms with Crippen molar-refractivity contribution in [3.8, 4) is 0 Å². The van der Waals surface area contributed by atoms with Gasteiger partial charge in [-0.3, -0.25) is 0 Å². The van der Waals surface area contributed by atoms with Gasteiger partial charge < -0.3 is 9.73 Å². The molecule has 102 valence electrons. The molecule has 3 rings (SSSR count). The lowest BCUT2D eigenvalue weighted by Crippen LogP contribution is -2.17. The van der Waals surface area contributed by atoms with Gasteiger partial charge in [-0.1, -0.05) is 24.3 Å². The molecule has 1 heterocycles. The van der Waals surface area contributed by atoms with Crippen LogP contribution < -0.4 is 5.32 Å². The number of furan rings is 1. The largest absolute Gasteiger partial charge is 0.456 e. The van der Waals surface area contributed by atoms with Crippen molar-refractivity contribution in [2.45, 2.75) is 6.04 Å². The third kappa shape index (κ3) is 2.45. The zero-order chi connectivity index (χ0) is 14.1. The molecule has 0 amide bonds. The van der Waals surface area contributed by atoms with Crippen LogP contribution in [0.1, 0.15) is 17.4 Å². The minimum atomic E-state index is -0.328. The van der Waals surface area contributed by atoms with Crippen molar-refractivity contribution in [3.05, 3.63) is 69.2 Å². The van der Waals surface area contributed by atoms with Gasteiger partial charge in [0.1, 0.15) is 5.76 Å². The van der Waals surface area contributed by atoms with Crippen LogP contribution in [-0.4, -0.2) is 7.05 Å². The van der Waals surface area contributed by atoms with E-state index in [0.29, 0.717) is 5.58 Å². The van der Waals surface area contributed by atoms with Crippen LogP contribution in [0.4, 0.5) is 4.39 Å². The monoisotopic (exact) mass is 381 g/mol. The average Bonchev–Trinajstić information content (AvgIpc) is 2.85. The molecule has 1 aromatic heterocycles. The summed E-state index contributed by atoms with van der Waals surface area (Å²) in [7, 11) is 1.87. The predicted octanol–water partition coefficient (Wildman–Crippen LogP) is 4.49. The molecule has 1 atom stereocenters. The zero-order valence-electron chi connectivity index (χ0n) is 10.9. The second-order valence-corrected chi connectivity index (χ2v) is 5.83. The van der Waals surface area contributed by atoms with Crippen LogP contribution in [-0.2, 0) is 0 Å². The fourth-order valence-electron chi connectivity index (χ4n) is 2.35. The molecule has 2 nitrogen and oxygen atoms in total. The highest BCUT2D eigenvalue weighted by molar-refractivity contribution is 14.1. The normalized spacial score (nSPS) is 12.8. The lowest BCUT2D eigenvalue weighted by molar-refractivity contribution is 0.476. The summed E-state index contributed by atoms with van der Waals surface area (Å²) in [5, 5.41) is 4.01. The maximum atomic E-state index is 13.7. The third-order valence-corrected chi connectivity index (χ3v) is 3.94. The van der Waals surface area contributed by atoms with Crippen molar-refractivity contribution in [2.24, 2.45) is 0 Å². The van der Waals surface area contributed by atoms with Gasteiger partial charge in [0, 0.05) is 8.96 Å². The number of hydrogen-bond donors (Lipinski definition) is 1. The topological polar surface area (TPSA) is 25.2 Å². The lowest BCUT2D eigenvalue weighted by atomic mass is 10.0. The summed E-state index contributed by atoms with van der Waals surface area (Å²) in [5.41, 5.74) is 1.41. The zero-order valence-corrected chi connectivity index (χ0v) is 13.0. The van der Waals surface area contributed by atoms with Crippen LogP contribution in [0.15, 0.2) is 52.9 Å². The van der Waals surface area contributed by atoms with E-state index in [1.54, 1.807) is 6.07 Å². The Labute approximate surface area is 130 Å². The van der Waals surface area contributed by atoms with E-state index >= 15 is 0 Å². The molecule has 0 aliphatic heterocycles. The Morgan fingerprint density at radius 3 is 2.65 bits per heavy atom. The quantitative estimate of drug-likeness (QED) is 0.677. The second-order valence-electron chi connectivity index (χ2n) is 4.58. The Bertz CT molecular complexity index is 753. The van der Waals surface area contributed by atoms with Crippen molar-refractivity contribution >= 4 is 33.6 Å². The van der Waals surface area contributed by atoms with E-state index in [1.165, 1.54) is 6.07 Å². The Hall–Kier alpha value is -1.40. The summed E-state index contributed by atoms with van der Waals surface area (Å²) in [5.74, 6) is 0.390. The van der Waals surface area contributed by atoms with Crippen molar-refractivity contribution in [2.75, 3.05) is 7.05 Å². The predicted molar refractivity (Wildman–Crippen MR) is 86.2 cm³/mol. The highest BCUT2D eigenvalue weighted by atomic mass is 127. The number of benzene rings is 2. The molecular formula is C16H13FINO. The van der Waals surface area contributed by atoms with E-state index in [1.807, 2.05) is 37.4 Å². The molecule has 0 saturated heterocycles. The minimum absolute atomic E-state index is 0.0866.